The average molecular weight is 244 g/mol. The molecule has 3 heteroatoms. The zero-order chi connectivity index (χ0) is 11.8. The fraction of sp³-hybridized carbons (Fsp3) is 0.214. The van der Waals surface area contributed by atoms with Crippen LogP contribution in [0.2, 0.25) is 0 Å². The molecule has 1 aromatic heterocycles. The van der Waals surface area contributed by atoms with Gasteiger partial charge in [0.1, 0.15) is 11.3 Å². The molecule has 0 aliphatic rings. The minimum Gasteiger partial charge on any atom is -0.390 e. The van der Waals surface area contributed by atoms with Gasteiger partial charge in [0.05, 0.1) is 5.39 Å². The van der Waals surface area contributed by atoms with Gasteiger partial charge in [0.2, 0.25) is 10.5 Å². The number of thiazole rings is 1. The Morgan fingerprint density at radius 2 is 2.00 bits per heavy atom. The topological polar surface area (TPSA) is 24.1 Å². The van der Waals surface area contributed by atoms with Crippen molar-refractivity contribution in [2.24, 2.45) is 0 Å². The highest BCUT2D eigenvalue weighted by Crippen LogP contribution is 2.27. The van der Waals surface area contributed by atoms with Crippen molar-refractivity contribution >= 4 is 32.3 Å². The average Bonchev–Trinajstić information content (AvgIpc) is 2.67. The second kappa shape index (κ2) is 4.09. The van der Waals surface area contributed by atoms with E-state index in [9.17, 15) is 5.11 Å². The quantitative estimate of drug-likeness (QED) is 0.688. The number of hydrogen-bond acceptors (Lipinski definition) is 2. The van der Waals surface area contributed by atoms with Crippen LogP contribution < -0.4 is 4.57 Å². The van der Waals surface area contributed by atoms with E-state index in [1.807, 2.05) is 0 Å². The molecule has 86 valence electrons. The van der Waals surface area contributed by atoms with Crippen LogP contribution >= 0.6 is 11.3 Å². The molecule has 1 heterocycles. The fourth-order valence-corrected chi connectivity index (χ4v) is 3.40. The van der Waals surface area contributed by atoms with Crippen molar-refractivity contribution in [3.05, 3.63) is 41.4 Å². The van der Waals surface area contributed by atoms with Crippen LogP contribution in [0.25, 0.3) is 21.0 Å². The largest absolute Gasteiger partial charge is 0.390 e. The van der Waals surface area contributed by atoms with Gasteiger partial charge in [-0.05, 0) is 17.5 Å². The van der Waals surface area contributed by atoms with Gasteiger partial charge in [-0.15, -0.1) is 0 Å². The van der Waals surface area contributed by atoms with E-state index in [1.165, 1.54) is 26.0 Å². The van der Waals surface area contributed by atoms with Crippen LogP contribution in [0.15, 0.2) is 36.4 Å². The molecule has 0 aliphatic heterocycles. The van der Waals surface area contributed by atoms with Crippen LogP contribution in [0.1, 0.15) is 5.01 Å². The number of fused-ring (bicyclic) bond motifs is 3. The maximum Gasteiger partial charge on any atom is 0.235 e. The fourth-order valence-electron chi connectivity index (χ4n) is 2.34. The number of benzene rings is 2. The standard InChI is InChI=1S/C14H14NOS/c1-10-15(8-9-16)14-12-5-3-2-4-11(12)6-7-13(14)17-10/h2-7,16H,8-9H2,1H3/q+1. The van der Waals surface area contributed by atoms with Crippen LogP contribution in [-0.2, 0) is 6.54 Å². The lowest BCUT2D eigenvalue weighted by Gasteiger charge is -1.98. The Morgan fingerprint density at radius 3 is 2.82 bits per heavy atom. The van der Waals surface area contributed by atoms with Crippen LogP contribution in [0, 0.1) is 6.92 Å². The first-order valence-corrected chi connectivity index (χ1v) is 6.54. The highest BCUT2D eigenvalue weighted by Gasteiger charge is 2.18. The molecule has 0 amide bonds. The lowest BCUT2D eigenvalue weighted by molar-refractivity contribution is -0.673. The van der Waals surface area contributed by atoms with Crippen LogP contribution in [0.5, 0.6) is 0 Å². The summed E-state index contributed by atoms with van der Waals surface area (Å²) in [7, 11) is 0. The lowest BCUT2D eigenvalue weighted by atomic mass is 10.1. The van der Waals surface area contributed by atoms with Crippen LogP contribution in [-0.4, -0.2) is 11.7 Å². The van der Waals surface area contributed by atoms with Gasteiger partial charge in [-0.25, -0.2) is 0 Å². The normalized spacial score (nSPS) is 11.4. The zero-order valence-electron chi connectivity index (χ0n) is 9.68. The lowest BCUT2D eigenvalue weighted by Crippen LogP contribution is -2.36. The third-order valence-electron chi connectivity index (χ3n) is 3.09. The van der Waals surface area contributed by atoms with Crippen LogP contribution in [0.4, 0.5) is 0 Å². The molecule has 3 rings (SSSR count). The van der Waals surface area contributed by atoms with Gasteiger partial charge in [0, 0.05) is 6.92 Å². The Balaban J connectivity index is 2.46. The second-order valence-corrected chi connectivity index (χ2v) is 5.36. The molecule has 0 aliphatic carbocycles. The van der Waals surface area contributed by atoms with E-state index in [-0.39, 0.29) is 6.61 Å². The predicted molar refractivity (Wildman–Crippen MR) is 71.3 cm³/mol. The van der Waals surface area contributed by atoms with E-state index in [2.05, 4.69) is 47.9 Å². The zero-order valence-corrected chi connectivity index (χ0v) is 10.5. The molecule has 0 atom stereocenters. The number of rotatable bonds is 2. The first kappa shape index (κ1) is 10.7. The highest BCUT2D eigenvalue weighted by atomic mass is 32.1. The van der Waals surface area contributed by atoms with Crippen LogP contribution in [0.3, 0.4) is 0 Å². The van der Waals surface area contributed by atoms with Crippen molar-refractivity contribution in [1.82, 2.24) is 0 Å². The third-order valence-corrected chi connectivity index (χ3v) is 4.16. The van der Waals surface area contributed by atoms with E-state index in [1.54, 1.807) is 11.3 Å². The van der Waals surface area contributed by atoms with Crippen molar-refractivity contribution < 1.29 is 9.67 Å². The predicted octanol–water partition coefficient (Wildman–Crippen LogP) is 2.64. The number of aliphatic hydroxyl groups excluding tert-OH is 1. The van der Waals surface area contributed by atoms with Gasteiger partial charge in [0.25, 0.3) is 0 Å². The summed E-state index contributed by atoms with van der Waals surface area (Å²) in [6, 6.07) is 12.7. The maximum absolute atomic E-state index is 9.18. The number of aryl methyl sites for hydroxylation is 1. The minimum atomic E-state index is 0.181. The number of aromatic nitrogens is 1. The van der Waals surface area contributed by atoms with Gasteiger partial charge in [-0.3, -0.25) is 0 Å². The molecule has 3 aromatic rings. The molecule has 0 radical (unpaired) electrons. The van der Waals surface area contributed by atoms with Crippen molar-refractivity contribution in [2.45, 2.75) is 13.5 Å². The molecule has 0 saturated heterocycles. The van der Waals surface area contributed by atoms with E-state index < -0.39 is 0 Å². The molecule has 2 aromatic carbocycles. The van der Waals surface area contributed by atoms with Gasteiger partial charge >= 0.3 is 0 Å². The molecule has 0 spiro atoms. The second-order valence-electron chi connectivity index (χ2n) is 4.13. The molecule has 17 heavy (non-hydrogen) atoms. The summed E-state index contributed by atoms with van der Waals surface area (Å²) in [5.74, 6) is 0. The van der Waals surface area contributed by atoms with Crippen molar-refractivity contribution in [2.75, 3.05) is 6.61 Å². The summed E-state index contributed by atoms with van der Waals surface area (Å²) in [6.45, 7) is 2.95. The Bertz CT molecular complexity index is 687. The minimum absolute atomic E-state index is 0.181. The Morgan fingerprint density at radius 1 is 1.18 bits per heavy atom. The number of hydrogen-bond donors (Lipinski definition) is 1. The summed E-state index contributed by atoms with van der Waals surface area (Å²) in [6.07, 6.45) is 0. The monoisotopic (exact) mass is 244 g/mol. The number of aliphatic hydroxyl groups is 1. The van der Waals surface area contributed by atoms with E-state index >= 15 is 0 Å². The van der Waals surface area contributed by atoms with Crippen molar-refractivity contribution in [3.8, 4) is 0 Å². The van der Waals surface area contributed by atoms with Gasteiger partial charge in [-0.2, -0.15) is 4.57 Å². The van der Waals surface area contributed by atoms with E-state index in [0.29, 0.717) is 6.54 Å². The Hall–Kier alpha value is -1.45. The summed E-state index contributed by atoms with van der Waals surface area (Å²) in [5.41, 5.74) is 1.25. The first-order chi connectivity index (χ1) is 8.31. The molecule has 0 saturated carbocycles. The summed E-state index contributed by atoms with van der Waals surface area (Å²) in [5, 5.41) is 12.9. The summed E-state index contributed by atoms with van der Waals surface area (Å²) < 4.78 is 3.50. The molecule has 0 bridgehead atoms. The van der Waals surface area contributed by atoms with Crippen molar-refractivity contribution in [1.29, 1.82) is 0 Å². The van der Waals surface area contributed by atoms with E-state index in [4.69, 9.17) is 0 Å². The van der Waals surface area contributed by atoms with Gasteiger partial charge < -0.3 is 5.11 Å². The molecular formula is C14H14NOS+. The van der Waals surface area contributed by atoms with Gasteiger partial charge in [0.15, 0.2) is 6.54 Å². The molecule has 1 N–H and O–H groups in total. The Labute approximate surface area is 104 Å². The third kappa shape index (κ3) is 1.63. The smallest absolute Gasteiger partial charge is 0.235 e. The summed E-state index contributed by atoms with van der Waals surface area (Å²) in [4.78, 5) is 0. The number of nitrogens with zero attached hydrogens (tertiary/aromatic N) is 1. The molecule has 2 nitrogen and oxygen atoms in total. The molecule has 0 fully saturated rings. The molecule has 0 unspecified atom stereocenters. The molecular weight excluding hydrogens is 230 g/mol. The SMILES string of the molecule is Cc1sc2ccc3ccccc3c2[n+]1CCO. The first-order valence-electron chi connectivity index (χ1n) is 5.73. The maximum atomic E-state index is 9.18. The van der Waals surface area contributed by atoms with Crippen molar-refractivity contribution in [3.63, 3.8) is 0 Å². The summed E-state index contributed by atoms with van der Waals surface area (Å²) >= 11 is 1.79. The van der Waals surface area contributed by atoms with Gasteiger partial charge in [-0.1, -0.05) is 35.6 Å². The van der Waals surface area contributed by atoms with E-state index in [0.717, 1.165) is 0 Å². The Kier molecular flexibility index (Phi) is 2.57. The highest BCUT2D eigenvalue weighted by molar-refractivity contribution is 7.18.